The van der Waals surface area contributed by atoms with Crippen molar-refractivity contribution in [3.8, 4) is 0 Å². The summed E-state index contributed by atoms with van der Waals surface area (Å²) in [5.41, 5.74) is 2.91. The molecule has 0 rings (SSSR count). The second-order valence-electron chi connectivity index (χ2n) is 9.84. The van der Waals surface area contributed by atoms with Crippen molar-refractivity contribution in [1.29, 1.82) is 0 Å². The summed E-state index contributed by atoms with van der Waals surface area (Å²) < 4.78 is 35.3. The fourth-order valence-electron chi connectivity index (χ4n) is 3.02. The number of hydrogen-bond acceptors (Lipinski definition) is 5. The maximum atomic E-state index is 13.1. The van der Waals surface area contributed by atoms with Crippen LogP contribution in [0.1, 0.15) is 81.1 Å². The largest absolute Gasteiger partial charge is 0.444 e. The van der Waals surface area contributed by atoms with E-state index in [1.54, 1.807) is 27.7 Å². The van der Waals surface area contributed by atoms with Gasteiger partial charge in [-0.1, -0.05) is 34.9 Å². The van der Waals surface area contributed by atoms with Gasteiger partial charge in [-0.25, -0.2) is 4.79 Å². The topological polar surface area (TPSA) is 113 Å². The standard InChI is InChI=1S/C24H45NO7P2/c1-9-31-33(27,19-34(28,29)30)18-25(23(26)32-24(6,7)8)17-16-22(5)15-11-14-21(4)13-10-12-20(2)3/h12,14,16H,9-11,13,15,17-19H2,1-8H3,(H2,28,29,30)/b21-14+,22-16+. The number of carbonyl (C=O) groups is 1. The first-order valence-electron chi connectivity index (χ1n) is 11.7. The highest BCUT2D eigenvalue weighted by Crippen LogP contribution is 2.58. The Bertz CT molecular complexity index is 831. The van der Waals surface area contributed by atoms with Gasteiger partial charge in [0, 0.05) is 6.54 Å². The van der Waals surface area contributed by atoms with Crippen LogP contribution >= 0.6 is 15.0 Å². The van der Waals surface area contributed by atoms with E-state index in [1.807, 2.05) is 13.0 Å². The van der Waals surface area contributed by atoms with Gasteiger partial charge in [-0.2, -0.15) is 0 Å². The fourth-order valence-corrected chi connectivity index (χ4v) is 7.26. The second-order valence-corrected chi connectivity index (χ2v) is 14.5. The van der Waals surface area contributed by atoms with E-state index >= 15 is 0 Å². The molecule has 1 amide bonds. The Hall–Kier alpha value is -1.17. The van der Waals surface area contributed by atoms with Crippen LogP contribution in [0.4, 0.5) is 4.79 Å². The number of allylic oxidation sites excluding steroid dienone is 5. The van der Waals surface area contributed by atoms with E-state index in [1.165, 1.54) is 16.0 Å². The summed E-state index contributed by atoms with van der Waals surface area (Å²) in [5.74, 6) is -0.924. The lowest BCUT2D eigenvalue weighted by Crippen LogP contribution is -2.38. The van der Waals surface area contributed by atoms with Crippen LogP contribution in [0, 0.1) is 0 Å². The van der Waals surface area contributed by atoms with Crippen molar-refractivity contribution in [1.82, 2.24) is 4.90 Å². The van der Waals surface area contributed by atoms with Gasteiger partial charge in [0.1, 0.15) is 17.8 Å². The van der Waals surface area contributed by atoms with Crippen LogP contribution in [0.5, 0.6) is 0 Å². The van der Waals surface area contributed by atoms with Gasteiger partial charge >= 0.3 is 13.7 Å². The van der Waals surface area contributed by atoms with Gasteiger partial charge in [-0.05, 0) is 81.1 Å². The Morgan fingerprint density at radius 1 is 0.941 bits per heavy atom. The molecule has 0 aliphatic heterocycles. The van der Waals surface area contributed by atoms with Crippen molar-refractivity contribution in [2.75, 3.05) is 25.3 Å². The van der Waals surface area contributed by atoms with E-state index < -0.39 is 38.8 Å². The lowest BCUT2D eigenvalue weighted by atomic mass is 10.1. The number of nitrogens with zero attached hydrogens (tertiary/aromatic N) is 1. The summed E-state index contributed by atoms with van der Waals surface area (Å²) in [6.07, 6.45) is 8.85. The molecular formula is C24H45NO7P2. The minimum absolute atomic E-state index is 0.00754. The molecule has 0 aliphatic carbocycles. The normalized spacial score (nSPS) is 15.0. The molecule has 0 fully saturated rings. The average Bonchev–Trinajstić information content (AvgIpc) is 2.62. The molecule has 0 aromatic heterocycles. The lowest BCUT2D eigenvalue weighted by Gasteiger charge is -2.29. The zero-order chi connectivity index (χ0) is 26.6. The van der Waals surface area contributed by atoms with Crippen LogP contribution in [0.3, 0.4) is 0 Å². The predicted molar refractivity (Wildman–Crippen MR) is 139 cm³/mol. The van der Waals surface area contributed by atoms with E-state index in [0.29, 0.717) is 0 Å². The van der Waals surface area contributed by atoms with Crippen molar-refractivity contribution in [2.24, 2.45) is 0 Å². The maximum absolute atomic E-state index is 13.1. The number of ether oxygens (including phenoxy) is 1. The van der Waals surface area contributed by atoms with Crippen LogP contribution in [0.15, 0.2) is 34.9 Å². The van der Waals surface area contributed by atoms with Gasteiger partial charge in [0.15, 0.2) is 0 Å². The molecule has 0 saturated carbocycles. The number of carbonyl (C=O) groups excluding carboxylic acids is 1. The molecule has 0 spiro atoms. The molecule has 0 saturated heterocycles. The van der Waals surface area contributed by atoms with Gasteiger partial charge in [0.25, 0.3) is 0 Å². The highest BCUT2D eigenvalue weighted by molar-refractivity contribution is 7.73. The number of rotatable bonds is 14. The second kappa shape index (κ2) is 15.1. The summed E-state index contributed by atoms with van der Waals surface area (Å²) >= 11 is 0. The van der Waals surface area contributed by atoms with E-state index in [-0.39, 0.29) is 13.2 Å². The van der Waals surface area contributed by atoms with Crippen LogP contribution in [0.25, 0.3) is 0 Å². The van der Waals surface area contributed by atoms with E-state index in [9.17, 15) is 23.7 Å². The Morgan fingerprint density at radius 3 is 1.94 bits per heavy atom. The smallest absolute Gasteiger partial charge is 0.411 e. The highest BCUT2D eigenvalue weighted by atomic mass is 31.2. The molecule has 1 atom stereocenters. The molecule has 1 unspecified atom stereocenters. The summed E-state index contributed by atoms with van der Waals surface area (Å²) in [6, 6.07) is 0. The molecule has 0 aromatic carbocycles. The Balaban J connectivity index is 5.36. The minimum atomic E-state index is -4.61. The monoisotopic (exact) mass is 521 g/mol. The van der Waals surface area contributed by atoms with Gasteiger partial charge in [-0.3, -0.25) is 14.0 Å². The van der Waals surface area contributed by atoms with Crippen LogP contribution in [-0.2, 0) is 18.4 Å². The first kappa shape index (κ1) is 32.8. The third-order valence-electron chi connectivity index (χ3n) is 4.58. The third kappa shape index (κ3) is 17.3. The molecule has 198 valence electrons. The first-order chi connectivity index (χ1) is 15.5. The Morgan fingerprint density at radius 2 is 1.47 bits per heavy atom. The Labute approximate surface area is 206 Å². The summed E-state index contributed by atoms with van der Waals surface area (Å²) in [5, 5.41) is 0. The molecule has 34 heavy (non-hydrogen) atoms. The molecule has 0 radical (unpaired) electrons. The Kier molecular flexibility index (Phi) is 14.5. The highest BCUT2D eigenvalue weighted by Gasteiger charge is 2.36. The quantitative estimate of drug-likeness (QED) is 0.186. The molecule has 0 bridgehead atoms. The van der Waals surface area contributed by atoms with E-state index in [2.05, 4.69) is 32.9 Å². The molecule has 10 heteroatoms. The van der Waals surface area contributed by atoms with Crippen LogP contribution in [0.2, 0.25) is 0 Å². The van der Waals surface area contributed by atoms with E-state index in [4.69, 9.17) is 9.26 Å². The van der Waals surface area contributed by atoms with Crippen LogP contribution < -0.4 is 0 Å². The lowest BCUT2D eigenvalue weighted by molar-refractivity contribution is 0.0296. The third-order valence-corrected chi connectivity index (χ3v) is 9.28. The summed E-state index contributed by atoms with van der Waals surface area (Å²) in [4.78, 5) is 32.7. The zero-order valence-corrected chi connectivity index (χ0v) is 24.0. The van der Waals surface area contributed by atoms with Gasteiger partial charge in [0.2, 0.25) is 7.37 Å². The minimum Gasteiger partial charge on any atom is -0.444 e. The van der Waals surface area contributed by atoms with Gasteiger partial charge < -0.3 is 19.0 Å². The summed E-state index contributed by atoms with van der Waals surface area (Å²) in [6.45, 7) is 15.1. The average molecular weight is 522 g/mol. The number of amides is 1. The molecule has 8 nitrogen and oxygen atoms in total. The van der Waals surface area contributed by atoms with Crippen molar-refractivity contribution < 1.29 is 33.0 Å². The molecular weight excluding hydrogens is 476 g/mol. The molecule has 0 aromatic rings. The summed E-state index contributed by atoms with van der Waals surface area (Å²) in [7, 11) is -8.42. The first-order valence-corrected chi connectivity index (χ1v) is 15.5. The van der Waals surface area contributed by atoms with Crippen molar-refractivity contribution in [2.45, 2.75) is 86.7 Å². The zero-order valence-electron chi connectivity index (χ0n) is 22.2. The van der Waals surface area contributed by atoms with Crippen LogP contribution in [-0.4, -0.2) is 51.7 Å². The molecule has 2 N–H and O–H groups in total. The maximum Gasteiger partial charge on any atom is 0.411 e. The van der Waals surface area contributed by atoms with Gasteiger partial charge in [-0.15, -0.1) is 0 Å². The molecule has 0 heterocycles. The number of hydrogen-bond donors (Lipinski definition) is 2. The van der Waals surface area contributed by atoms with Crippen molar-refractivity contribution >= 4 is 21.1 Å². The molecule has 0 aliphatic rings. The van der Waals surface area contributed by atoms with Gasteiger partial charge in [0.05, 0.1) is 6.61 Å². The van der Waals surface area contributed by atoms with Crippen molar-refractivity contribution in [3.05, 3.63) is 34.9 Å². The fraction of sp³-hybridized carbons (Fsp3) is 0.708. The van der Waals surface area contributed by atoms with E-state index in [0.717, 1.165) is 31.3 Å². The van der Waals surface area contributed by atoms with Crippen molar-refractivity contribution in [3.63, 3.8) is 0 Å². The SMILES string of the molecule is CCOP(=O)(CN(C/C=C(\C)CC/C=C(\C)CCC=C(C)C)C(=O)OC(C)(C)C)CP(=O)(O)O. The predicted octanol–water partition coefficient (Wildman–Crippen LogP) is 7.05.